The van der Waals surface area contributed by atoms with Crippen molar-refractivity contribution in [3.63, 3.8) is 0 Å². The van der Waals surface area contributed by atoms with Crippen molar-refractivity contribution in [1.29, 1.82) is 5.26 Å². The Labute approximate surface area is 156 Å². The van der Waals surface area contributed by atoms with Gasteiger partial charge in [-0.3, -0.25) is 13.6 Å². The summed E-state index contributed by atoms with van der Waals surface area (Å²) in [7, 11) is 1.98. The van der Waals surface area contributed by atoms with Crippen molar-refractivity contribution < 1.29 is 29.7 Å². The summed E-state index contributed by atoms with van der Waals surface area (Å²) in [5.41, 5.74) is 1.02. The molecule has 1 aromatic heterocycles. The molecule has 0 N–H and O–H groups in total. The van der Waals surface area contributed by atoms with Crippen molar-refractivity contribution in [1.82, 2.24) is 4.98 Å². The molecule has 2 aromatic rings. The number of nitrogens with zero attached hydrogens (tertiary/aromatic N) is 4. The number of hydrogen-bond donors (Lipinski definition) is 0. The van der Waals surface area contributed by atoms with Crippen molar-refractivity contribution in [2.45, 2.75) is 0 Å². The SMILES string of the molecule is [B]1N(c2[c-]cccc2)C=CN1c1ccccn1.[C-]#N.[CH-]=O.[CH-]=O.[Ir]. The fourth-order valence-electron chi connectivity index (χ4n) is 1.68. The van der Waals surface area contributed by atoms with Gasteiger partial charge in [-0.2, -0.15) is 24.3 Å². The van der Waals surface area contributed by atoms with Crippen LogP contribution in [0.3, 0.4) is 0 Å². The van der Waals surface area contributed by atoms with Crippen molar-refractivity contribution in [3.8, 4) is 0 Å². The van der Waals surface area contributed by atoms with Gasteiger partial charge in [0.05, 0.1) is 0 Å². The van der Waals surface area contributed by atoms with E-state index < -0.39 is 0 Å². The minimum absolute atomic E-state index is 0. The molecule has 0 saturated carbocycles. The van der Waals surface area contributed by atoms with E-state index in [0.717, 1.165) is 11.5 Å². The average Bonchev–Trinajstić information content (AvgIpc) is 3.18. The first kappa shape index (κ1) is 23.5. The number of pyridine rings is 1. The Kier molecular flexibility index (Phi) is 14.9. The first-order chi connectivity index (χ1) is 11.4. The van der Waals surface area contributed by atoms with E-state index in [2.05, 4.69) is 24.6 Å². The molecule has 0 aliphatic carbocycles. The Morgan fingerprint density at radius 1 is 1.00 bits per heavy atom. The van der Waals surface area contributed by atoms with Gasteiger partial charge in [-0.15, -0.1) is 6.07 Å². The molecule has 0 spiro atoms. The topological polar surface area (TPSA) is 77.3 Å². The fraction of sp³-hybridized carbons (Fsp3) is 0. The van der Waals surface area contributed by atoms with Crippen LogP contribution >= 0.6 is 0 Å². The summed E-state index contributed by atoms with van der Waals surface area (Å²) in [6.45, 7) is 11.2. The summed E-state index contributed by atoms with van der Waals surface area (Å²) in [6.07, 6.45) is 5.75. The molecule has 0 fully saturated rings. The molecule has 24 heavy (non-hydrogen) atoms. The second-order valence-corrected chi connectivity index (χ2v) is 3.66. The van der Waals surface area contributed by atoms with Gasteiger partial charge in [0.15, 0.2) is 0 Å². The van der Waals surface area contributed by atoms with Crippen LogP contribution in [0, 0.1) is 17.9 Å². The zero-order valence-electron chi connectivity index (χ0n) is 12.4. The van der Waals surface area contributed by atoms with Gasteiger partial charge in [0, 0.05) is 38.7 Å². The van der Waals surface area contributed by atoms with Crippen LogP contribution in [0.5, 0.6) is 0 Å². The number of anilines is 2. The number of rotatable bonds is 2. The molecule has 0 bridgehead atoms. The maximum absolute atomic E-state index is 7.75. The van der Waals surface area contributed by atoms with Gasteiger partial charge in [-0.25, -0.2) is 4.98 Å². The summed E-state index contributed by atoms with van der Waals surface area (Å²) in [5, 5.41) is 6.25. The second-order valence-electron chi connectivity index (χ2n) is 3.66. The minimum atomic E-state index is 0. The molecule has 8 heteroatoms. The van der Waals surface area contributed by atoms with Crippen molar-refractivity contribution in [3.05, 3.63) is 73.7 Å². The number of carbonyl (C=O) groups excluding carboxylic acids is 2. The molecule has 0 saturated heterocycles. The van der Waals surface area contributed by atoms with Gasteiger partial charge in [0.1, 0.15) is 5.82 Å². The minimum Gasteiger partial charge on any atom is -0.545 e. The molecule has 124 valence electrons. The summed E-state index contributed by atoms with van der Waals surface area (Å²) in [4.78, 5) is 23.8. The van der Waals surface area contributed by atoms with Gasteiger partial charge in [0.2, 0.25) is 0 Å². The van der Waals surface area contributed by atoms with Crippen LogP contribution in [0.4, 0.5) is 11.5 Å². The van der Waals surface area contributed by atoms with E-state index in [9.17, 15) is 0 Å². The first-order valence-corrected chi connectivity index (χ1v) is 6.11. The van der Waals surface area contributed by atoms with E-state index in [1.54, 1.807) is 6.20 Å². The predicted octanol–water partition coefficient (Wildman–Crippen LogP) is 1.76. The first-order valence-electron chi connectivity index (χ1n) is 6.11. The maximum atomic E-state index is 7.75. The van der Waals surface area contributed by atoms with E-state index in [0.29, 0.717) is 0 Å². The smallest absolute Gasteiger partial charge is 0.400 e. The third kappa shape index (κ3) is 7.01. The number of benzene rings is 1. The Bertz CT molecular complexity index is 549. The molecular weight excluding hydrogens is 483 g/mol. The van der Waals surface area contributed by atoms with Crippen molar-refractivity contribution >= 4 is 32.6 Å². The predicted molar refractivity (Wildman–Crippen MR) is 87.8 cm³/mol. The Morgan fingerprint density at radius 2 is 1.62 bits per heavy atom. The normalized spacial score (nSPS) is 10.2. The van der Waals surface area contributed by atoms with Gasteiger partial charge in [0.25, 0.3) is 0 Å². The van der Waals surface area contributed by atoms with Crippen LogP contribution in [0.1, 0.15) is 0 Å². The zero-order chi connectivity index (χ0) is 17.5. The Hall–Kier alpha value is -2.75. The summed E-state index contributed by atoms with van der Waals surface area (Å²) in [6, 6.07) is 16.9. The summed E-state index contributed by atoms with van der Waals surface area (Å²) in [5.74, 6) is 0.905. The van der Waals surface area contributed by atoms with E-state index in [1.807, 2.05) is 72.0 Å². The molecule has 2 heterocycles. The van der Waals surface area contributed by atoms with Gasteiger partial charge in [-0.1, -0.05) is 11.8 Å². The van der Waals surface area contributed by atoms with Crippen molar-refractivity contribution in [2.75, 3.05) is 9.62 Å². The second kappa shape index (κ2) is 15.2. The van der Waals surface area contributed by atoms with E-state index >= 15 is 0 Å². The molecule has 0 amide bonds. The third-order valence-electron chi connectivity index (χ3n) is 2.52. The molecule has 1 aliphatic heterocycles. The van der Waals surface area contributed by atoms with Crippen LogP contribution in [0.2, 0.25) is 0 Å². The van der Waals surface area contributed by atoms with Crippen molar-refractivity contribution in [2.24, 2.45) is 0 Å². The van der Waals surface area contributed by atoms with Crippen LogP contribution < -0.4 is 9.62 Å². The zero-order valence-corrected chi connectivity index (χ0v) is 14.8. The van der Waals surface area contributed by atoms with Crippen LogP contribution in [0.15, 0.2) is 61.1 Å². The standard InChI is InChI=1S/C13H10BN3.CN.2CHO.Ir/c1-2-6-12(7-3-1)16-10-11-17(14-16)13-8-4-5-9-15-13;3*1-2;/h1-6,8-11H;;2*1H;/q4*-1;. The van der Waals surface area contributed by atoms with Gasteiger partial charge >= 0.3 is 7.55 Å². The number of hydrogen-bond acceptors (Lipinski definition) is 6. The van der Waals surface area contributed by atoms with E-state index in [4.69, 9.17) is 21.4 Å². The monoisotopic (exact) mass is 496 g/mol. The fourth-order valence-corrected chi connectivity index (χ4v) is 1.68. The number of para-hydroxylation sites is 1. The molecule has 3 rings (SSSR count). The molecule has 1 aliphatic rings. The Morgan fingerprint density at radius 3 is 2.17 bits per heavy atom. The average molecular weight is 495 g/mol. The molecule has 0 unspecified atom stereocenters. The van der Waals surface area contributed by atoms with E-state index in [-0.39, 0.29) is 20.1 Å². The number of aromatic nitrogens is 1. The Balaban J connectivity index is 0. The third-order valence-corrected chi connectivity index (χ3v) is 2.52. The quantitative estimate of drug-likeness (QED) is 0.359. The van der Waals surface area contributed by atoms with Gasteiger partial charge in [-0.05, 0) is 12.1 Å². The van der Waals surface area contributed by atoms with Crippen LogP contribution in [-0.2, 0) is 29.7 Å². The molecular formula is C16H12BIrN4O2-4. The summed E-state index contributed by atoms with van der Waals surface area (Å²) < 4.78 is 0. The summed E-state index contributed by atoms with van der Waals surface area (Å²) >= 11 is 0. The maximum Gasteiger partial charge on any atom is 0.400 e. The van der Waals surface area contributed by atoms with Crippen LogP contribution in [0.25, 0.3) is 0 Å². The molecule has 1 aromatic carbocycles. The largest absolute Gasteiger partial charge is 0.545 e. The molecule has 0 atom stereocenters. The van der Waals surface area contributed by atoms with Gasteiger partial charge < -0.3 is 31.0 Å². The van der Waals surface area contributed by atoms with E-state index in [1.165, 1.54) is 0 Å². The van der Waals surface area contributed by atoms with Crippen LogP contribution in [-0.4, -0.2) is 26.1 Å². The molecule has 6 nitrogen and oxygen atoms in total. The molecule has 2 radical (unpaired) electrons.